The van der Waals surface area contributed by atoms with Crippen molar-refractivity contribution in [1.29, 1.82) is 0 Å². The molecule has 1 aliphatic heterocycles. The lowest BCUT2D eigenvalue weighted by Crippen LogP contribution is -2.48. The SMILES string of the molecule is COC[C@H](NC(=O)c1cc(Cl)ccc1Cl)C(=O)C[C@@H](CC(C)C)B1OC(=O)CC(C(C)=O)O1. The van der Waals surface area contributed by atoms with E-state index < -0.39 is 37.0 Å². The van der Waals surface area contributed by atoms with Gasteiger partial charge in [-0.1, -0.05) is 37.0 Å². The first-order chi connectivity index (χ1) is 15.5. The molecule has 0 aliphatic carbocycles. The number of ether oxygens (including phenoxy) is 1. The third-order valence-electron chi connectivity index (χ3n) is 5.17. The third kappa shape index (κ3) is 8.10. The van der Waals surface area contributed by atoms with Crippen LogP contribution in [0.25, 0.3) is 0 Å². The zero-order valence-corrected chi connectivity index (χ0v) is 20.6. The highest BCUT2D eigenvalue weighted by Gasteiger charge is 2.43. The maximum atomic E-state index is 13.2. The van der Waals surface area contributed by atoms with Gasteiger partial charge in [0.15, 0.2) is 11.6 Å². The second kappa shape index (κ2) is 12.5. The number of Topliss-reactive ketones (excluding diaryl/α,β-unsaturated/α-hetero) is 2. The van der Waals surface area contributed by atoms with Crippen LogP contribution in [0.3, 0.4) is 0 Å². The Morgan fingerprint density at radius 3 is 2.58 bits per heavy atom. The average molecular weight is 500 g/mol. The summed E-state index contributed by atoms with van der Waals surface area (Å²) in [6.07, 6.45) is -0.613. The van der Waals surface area contributed by atoms with E-state index in [4.69, 9.17) is 37.2 Å². The van der Waals surface area contributed by atoms with E-state index in [1.165, 1.54) is 26.2 Å². The largest absolute Gasteiger partial charge is 0.531 e. The maximum absolute atomic E-state index is 13.2. The van der Waals surface area contributed by atoms with E-state index in [9.17, 15) is 19.2 Å². The van der Waals surface area contributed by atoms with Gasteiger partial charge < -0.3 is 19.4 Å². The monoisotopic (exact) mass is 499 g/mol. The van der Waals surface area contributed by atoms with Crippen LogP contribution in [0.5, 0.6) is 0 Å². The minimum Gasteiger partial charge on any atom is -0.509 e. The summed E-state index contributed by atoms with van der Waals surface area (Å²) in [6.45, 7) is 5.19. The van der Waals surface area contributed by atoms with E-state index in [-0.39, 0.29) is 47.5 Å². The van der Waals surface area contributed by atoms with Crippen molar-refractivity contribution >= 4 is 53.8 Å². The molecule has 1 saturated heterocycles. The molecule has 11 heteroatoms. The standard InChI is InChI=1S/C22H28BCl2NO7/c1-12(2)7-14(23-32-20(13(3)27)10-21(29)33-23)8-19(28)18(11-31-4)26-22(30)16-9-15(24)5-6-17(16)25/h5-6,9,12,14,18,20H,7-8,10-11H2,1-4H3,(H,26,30)/t14-,18+,20?/m1/s1. The number of ketones is 2. The Hall–Kier alpha value is -1.94. The Morgan fingerprint density at radius 2 is 1.97 bits per heavy atom. The molecule has 180 valence electrons. The van der Waals surface area contributed by atoms with Crippen molar-refractivity contribution in [2.24, 2.45) is 5.92 Å². The molecule has 1 aromatic rings. The van der Waals surface area contributed by atoms with Gasteiger partial charge >= 0.3 is 7.12 Å². The van der Waals surface area contributed by atoms with Crippen molar-refractivity contribution in [3.63, 3.8) is 0 Å². The van der Waals surface area contributed by atoms with Crippen LogP contribution in [0.4, 0.5) is 0 Å². The predicted octanol–water partition coefficient (Wildman–Crippen LogP) is 3.52. The molecule has 1 heterocycles. The van der Waals surface area contributed by atoms with Crippen molar-refractivity contribution in [3.8, 4) is 0 Å². The van der Waals surface area contributed by atoms with Gasteiger partial charge in [0.05, 0.1) is 23.6 Å². The lowest BCUT2D eigenvalue weighted by atomic mass is 9.64. The molecule has 0 spiro atoms. The first kappa shape index (κ1) is 27.3. The molecule has 1 amide bonds. The van der Waals surface area contributed by atoms with Crippen LogP contribution in [0.1, 0.15) is 50.4 Å². The molecule has 1 aliphatic rings. The number of carbonyl (C=O) groups is 4. The van der Waals surface area contributed by atoms with Gasteiger partial charge in [-0.05, 0) is 37.5 Å². The van der Waals surface area contributed by atoms with E-state index in [2.05, 4.69) is 5.32 Å². The number of hydrogen-bond donors (Lipinski definition) is 1. The Labute approximate surface area is 203 Å². The van der Waals surface area contributed by atoms with E-state index in [0.29, 0.717) is 11.4 Å². The number of rotatable bonds is 11. The topological polar surface area (TPSA) is 108 Å². The molecular formula is C22H28BCl2NO7. The number of nitrogens with one attached hydrogen (secondary N) is 1. The summed E-state index contributed by atoms with van der Waals surface area (Å²) in [5, 5.41) is 3.16. The molecule has 1 N–H and O–H groups in total. The van der Waals surface area contributed by atoms with Gasteiger partial charge in [0.1, 0.15) is 12.1 Å². The maximum Gasteiger partial charge on any atom is 0.531 e. The zero-order chi connectivity index (χ0) is 24.7. The van der Waals surface area contributed by atoms with Gasteiger partial charge in [-0.25, -0.2) is 0 Å². The second-order valence-corrected chi connectivity index (χ2v) is 9.31. The Morgan fingerprint density at radius 1 is 1.27 bits per heavy atom. The quantitative estimate of drug-likeness (QED) is 0.464. The molecule has 0 bridgehead atoms. The first-order valence-electron chi connectivity index (χ1n) is 10.6. The molecule has 0 aromatic heterocycles. The molecule has 8 nitrogen and oxygen atoms in total. The highest BCUT2D eigenvalue weighted by molar-refractivity contribution is 6.50. The summed E-state index contributed by atoms with van der Waals surface area (Å²) in [5.41, 5.74) is 0.130. The smallest absolute Gasteiger partial charge is 0.509 e. The normalized spacial score (nSPS) is 18.0. The summed E-state index contributed by atoms with van der Waals surface area (Å²) >= 11 is 12.1. The number of methoxy groups -OCH3 is 1. The van der Waals surface area contributed by atoms with Crippen LogP contribution in [-0.2, 0) is 28.4 Å². The van der Waals surface area contributed by atoms with E-state index in [0.717, 1.165) is 0 Å². The highest BCUT2D eigenvalue weighted by Crippen LogP contribution is 2.31. The number of amides is 1. The van der Waals surface area contributed by atoms with E-state index in [1.54, 1.807) is 6.07 Å². The van der Waals surface area contributed by atoms with Crippen molar-refractivity contribution in [3.05, 3.63) is 33.8 Å². The fourth-order valence-electron chi connectivity index (χ4n) is 3.60. The second-order valence-electron chi connectivity index (χ2n) is 8.46. The fraction of sp³-hybridized carbons (Fsp3) is 0.545. The molecule has 0 saturated carbocycles. The minimum absolute atomic E-state index is 0.0572. The molecule has 1 unspecified atom stereocenters. The lowest BCUT2D eigenvalue weighted by molar-refractivity contribution is -0.147. The van der Waals surface area contributed by atoms with Crippen molar-refractivity contribution in [2.75, 3.05) is 13.7 Å². The van der Waals surface area contributed by atoms with Crippen molar-refractivity contribution in [2.45, 2.75) is 58.0 Å². The molecule has 0 radical (unpaired) electrons. The third-order valence-corrected chi connectivity index (χ3v) is 5.74. The van der Waals surface area contributed by atoms with Gasteiger partial charge in [-0.2, -0.15) is 0 Å². The molecule has 33 heavy (non-hydrogen) atoms. The summed E-state index contributed by atoms with van der Waals surface area (Å²) in [7, 11) is 0.376. The molecule has 1 aromatic carbocycles. The van der Waals surface area contributed by atoms with Crippen molar-refractivity contribution < 1.29 is 33.2 Å². The summed E-state index contributed by atoms with van der Waals surface area (Å²) in [6, 6.07) is 3.47. The van der Waals surface area contributed by atoms with Gasteiger partial charge in [0.25, 0.3) is 11.9 Å². The Balaban J connectivity index is 2.18. The fourth-order valence-corrected chi connectivity index (χ4v) is 3.98. The first-order valence-corrected chi connectivity index (χ1v) is 11.4. The molecule has 2 rings (SSSR count). The van der Waals surface area contributed by atoms with Crippen LogP contribution < -0.4 is 5.32 Å². The Kier molecular flexibility index (Phi) is 10.3. The van der Waals surface area contributed by atoms with Gasteiger partial charge in [0, 0.05) is 24.4 Å². The summed E-state index contributed by atoms with van der Waals surface area (Å²) in [5.74, 6) is -2.09. The van der Waals surface area contributed by atoms with E-state index in [1.807, 2.05) is 13.8 Å². The summed E-state index contributed by atoms with van der Waals surface area (Å²) < 4.78 is 16.2. The molecule has 1 fully saturated rings. The van der Waals surface area contributed by atoms with Gasteiger partial charge in [-0.15, -0.1) is 0 Å². The minimum atomic E-state index is -1.03. The average Bonchev–Trinajstić information content (AvgIpc) is 2.73. The number of hydrogen-bond acceptors (Lipinski definition) is 7. The summed E-state index contributed by atoms with van der Waals surface area (Å²) in [4.78, 5) is 49.7. The lowest BCUT2D eigenvalue weighted by Gasteiger charge is -2.31. The zero-order valence-electron chi connectivity index (χ0n) is 19.1. The van der Waals surface area contributed by atoms with Crippen LogP contribution in [-0.4, -0.2) is 56.4 Å². The van der Waals surface area contributed by atoms with Gasteiger partial charge in [0.2, 0.25) is 0 Å². The van der Waals surface area contributed by atoms with Crippen molar-refractivity contribution in [1.82, 2.24) is 5.32 Å². The Bertz CT molecular complexity index is 895. The predicted molar refractivity (Wildman–Crippen MR) is 124 cm³/mol. The number of benzene rings is 1. The highest BCUT2D eigenvalue weighted by atomic mass is 35.5. The molecule has 3 atom stereocenters. The van der Waals surface area contributed by atoms with E-state index >= 15 is 0 Å². The van der Waals surface area contributed by atoms with Crippen LogP contribution >= 0.6 is 23.2 Å². The van der Waals surface area contributed by atoms with Crippen LogP contribution in [0.2, 0.25) is 15.9 Å². The number of halogens is 2. The number of carbonyl (C=O) groups excluding carboxylic acids is 4. The molecular weight excluding hydrogens is 472 g/mol. The van der Waals surface area contributed by atoms with Crippen LogP contribution in [0.15, 0.2) is 18.2 Å². The van der Waals surface area contributed by atoms with Gasteiger partial charge in [-0.3, -0.25) is 19.2 Å². The van der Waals surface area contributed by atoms with Crippen LogP contribution in [0, 0.1) is 5.92 Å².